The van der Waals surface area contributed by atoms with Crippen molar-refractivity contribution in [3.63, 3.8) is 0 Å². The number of halogens is 2. The summed E-state index contributed by atoms with van der Waals surface area (Å²) in [4.78, 5) is 24.7. The van der Waals surface area contributed by atoms with Crippen molar-refractivity contribution < 1.29 is 14.3 Å². The molecular weight excluding hydrogens is 381 g/mol. The number of benzene rings is 1. The first-order chi connectivity index (χ1) is 12.0. The highest BCUT2D eigenvalue weighted by atomic mass is 35.5. The number of hydrogen-bond donors (Lipinski definition) is 1. The van der Waals surface area contributed by atoms with Gasteiger partial charge in [-0.15, -0.1) is 11.3 Å². The molecule has 1 aliphatic rings. The monoisotopic (exact) mass is 397 g/mol. The lowest BCUT2D eigenvalue weighted by atomic mass is 10.1. The first-order valence-electron chi connectivity index (χ1n) is 8.01. The van der Waals surface area contributed by atoms with E-state index in [-0.39, 0.29) is 18.3 Å². The number of thiophene rings is 1. The van der Waals surface area contributed by atoms with Crippen LogP contribution in [-0.2, 0) is 16.0 Å². The Morgan fingerprint density at radius 3 is 2.72 bits per heavy atom. The van der Waals surface area contributed by atoms with Crippen molar-refractivity contribution in [2.75, 3.05) is 11.9 Å². The Hall–Kier alpha value is -1.56. The average molecular weight is 398 g/mol. The molecule has 0 unspecified atom stereocenters. The van der Waals surface area contributed by atoms with Gasteiger partial charge < -0.3 is 10.1 Å². The van der Waals surface area contributed by atoms with E-state index in [0.717, 1.165) is 18.4 Å². The number of esters is 1. The van der Waals surface area contributed by atoms with E-state index in [1.807, 2.05) is 5.38 Å². The molecule has 25 heavy (non-hydrogen) atoms. The van der Waals surface area contributed by atoms with Crippen LogP contribution in [0.15, 0.2) is 23.6 Å². The predicted molar refractivity (Wildman–Crippen MR) is 101 cm³/mol. The molecule has 1 saturated carbocycles. The fraction of sp³-hybridized carbons (Fsp3) is 0.333. The van der Waals surface area contributed by atoms with E-state index in [9.17, 15) is 9.59 Å². The van der Waals surface area contributed by atoms with Crippen LogP contribution in [0.3, 0.4) is 0 Å². The van der Waals surface area contributed by atoms with Gasteiger partial charge in [-0.2, -0.15) is 0 Å². The highest BCUT2D eigenvalue weighted by Crippen LogP contribution is 2.46. The van der Waals surface area contributed by atoms with Gasteiger partial charge in [0.1, 0.15) is 5.00 Å². The normalized spacial score (nSPS) is 13.6. The molecule has 0 bridgehead atoms. The summed E-state index contributed by atoms with van der Waals surface area (Å²) in [6, 6.07) is 5.02. The van der Waals surface area contributed by atoms with Gasteiger partial charge in [-0.05, 0) is 54.3 Å². The summed E-state index contributed by atoms with van der Waals surface area (Å²) >= 11 is 13.3. The fourth-order valence-corrected chi connectivity index (χ4v) is 4.10. The molecule has 4 nitrogen and oxygen atoms in total. The summed E-state index contributed by atoms with van der Waals surface area (Å²) in [7, 11) is 0. The third kappa shape index (κ3) is 4.35. The van der Waals surface area contributed by atoms with Crippen molar-refractivity contribution >= 4 is 51.4 Å². The van der Waals surface area contributed by atoms with Crippen LogP contribution in [0.1, 0.15) is 47.2 Å². The predicted octanol–water partition coefficient (Wildman–Crippen LogP) is 5.29. The Balaban J connectivity index is 1.77. The summed E-state index contributed by atoms with van der Waals surface area (Å²) in [6.07, 6.45) is 2.24. The van der Waals surface area contributed by atoms with E-state index >= 15 is 0 Å². The molecule has 0 atom stereocenters. The SMILES string of the molecule is CCOC(=O)c1c(C2CC2)csc1NC(=O)Cc1ccc(Cl)cc1Cl. The number of carbonyl (C=O) groups excluding carboxylic acids is 2. The van der Waals surface area contributed by atoms with Gasteiger partial charge in [-0.3, -0.25) is 4.79 Å². The maximum absolute atomic E-state index is 12.4. The van der Waals surface area contributed by atoms with E-state index in [1.165, 1.54) is 11.3 Å². The second kappa shape index (κ2) is 7.77. The maximum Gasteiger partial charge on any atom is 0.341 e. The molecule has 0 aliphatic heterocycles. The number of amides is 1. The number of rotatable bonds is 6. The summed E-state index contributed by atoms with van der Waals surface area (Å²) in [5.74, 6) is -0.225. The van der Waals surface area contributed by atoms with Crippen LogP contribution < -0.4 is 5.32 Å². The molecule has 1 aliphatic carbocycles. The van der Waals surface area contributed by atoms with Gasteiger partial charge >= 0.3 is 5.97 Å². The number of ether oxygens (including phenoxy) is 1. The number of carbonyl (C=O) groups is 2. The molecule has 0 radical (unpaired) electrons. The Kier molecular flexibility index (Phi) is 5.67. The minimum atomic E-state index is -0.384. The maximum atomic E-state index is 12.4. The van der Waals surface area contributed by atoms with Crippen molar-refractivity contribution in [3.8, 4) is 0 Å². The smallest absolute Gasteiger partial charge is 0.341 e. The van der Waals surface area contributed by atoms with Crippen LogP contribution >= 0.6 is 34.5 Å². The van der Waals surface area contributed by atoms with Crippen molar-refractivity contribution in [2.45, 2.75) is 32.1 Å². The van der Waals surface area contributed by atoms with Crippen LogP contribution in [0.4, 0.5) is 5.00 Å². The van der Waals surface area contributed by atoms with Gasteiger partial charge in [0, 0.05) is 10.0 Å². The molecule has 132 valence electrons. The highest BCUT2D eigenvalue weighted by molar-refractivity contribution is 7.15. The number of anilines is 1. The zero-order valence-electron chi connectivity index (χ0n) is 13.6. The van der Waals surface area contributed by atoms with Crippen LogP contribution in [0.5, 0.6) is 0 Å². The molecule has 7 heteroatoms. The molecule has 1 aromatic carbocycles. The first kappa shape index (κ1) is 18.2. The van der Waals surface area contributed by atoms with Crippen molar-refractivity contribution in [1.29, 1.82) is 0 Å². The largest absolute Gasteiger partial charge is 0.462 e. The van der Waals surface area contributed by atoms with E-state index in [0.29, 0.717) is 38.7 Å². The molecule has 1 N–H and O–H groups in total. The Bertz CT molecular complexity index is 815. The Morgan fingerprint density at radius 2 is 2.08 bits per heavy atom. The van der Waals surface area contributed by atoms with Crippen molar-refractivity contribution in [1.82, 2.24) is 0 Å². The van der Waals surface area contributed by atoms with Crippen LogP contribution in [0.2, 0.25) is 10.0 Å². The molecule has 0 spiro atoms. The van der Waals surface area contributed by atoms with E-state index < -0.39 is 0 Å². The van der Waals surface area contributed by atoms with Gasteiger partial charge in [0.25, 0.3) is 0 Å². The minimum Gasteiger partial charge on any atom is -0.462 e. The molecule has 1 fully saturated rings. The van der Waals surface area contributed by atoms with Gasteiger partial charge in [0.15, 0.2) is 0 Å². The lowest BCUT2D eigenvalue weighted by Gasteiger charge is -2.09. The van der Waals surface area contributed by atoms with Crippen molar-refractivity contribution in [2.24, 2.45) is 0 Å². The van der Waals surface area contributed by atoms with Gasteiger partial charge in [-0.1, -0.05) is 29.3 Å². The number of hydrogen-bond acceptors (Lipinski definition) is 4. The molecular formula is C18H17Cl2NO3S. The first-order valence-corrected chi connectivity index (χ1v) is 9.65. The lowest BCUT2D eigenvalue weighted by Crippen LogP contribution is -2.17. The van der Waals surface area contributed by atoms with Gasteiger partial charge in [0.05, 0.1) is 18.6 Å². The zero-order valence-corrected chi connectivity index (χ0v) is 15.9. The van der Waals surface area contributed by atoms with E-state index in [4.69, 9.17) is 27.9 Å². The summed E-state index contributed by atoms with van der Waals surface area (Å²) < 4.78 is 5.16. The fourth-order valence-electron chi connectivity index (χ4n) is 2.58. The summed E-state index contributed by atoms with van der Waals surface area (Å²) in [6.45, 7) is 2.06. The summed E-state index contributed by atoms with van der Waals surface area (Å²) in [5.41, 5.74) is 2.15. The van der Waals surface area contributed by atoms with E-state index in [1.54, 1.807) is 25.1 Å². The molecule has 1 heterocycles. The van der Waals surface area contributed by atoms with Crippen LogP contribution in [-0.4, -0.2) is 18.5 Å². The van der Waals surface area contributed by atoms with Crippen LogP contribution in [0, 0.1) is 0 Å². The quantitative estimate of drug-likeness (QED) is 0.673. The Labute approximate surface area is 160 Å². The zero-order chi connectivity index (χ0) is 18.0. The average Bonchev–Trinajstić information content (AvgIpc) is 3.31. The third-order valence-corrected chi connectivity index (χ3v) is 5.44. The number of nitrogens with one attached hydrogen (secondary N) is 1. The highest BCUT2D eigenvalue weighted by Gasteiger charge is 2.32. The summed E-state index contributed by atoms with van der Waals surface area (Å²) in [5, 5.41) is 6.27. The van der Waals surface area contributed by atoms with Crippen molar-refractivity contribution in [3.05, 3.63) is 50.3 Å². The minimum absolute atomic E-state index is 0.106. The van der Waals surface area contributed by atoms with Crippen LogP contribution in [0.25, 0.3) is 0 Å². The Morgan fingerprint density at radius 1 is 1.32 bits per heavy atom. The second-order valence-electron chi connectivity index (χ2n) is 5.85. The molecule has 2 aromatic rings. The lowest BCUT2D eigenvalue weighted by molar-refractivity contribution is -0.115. The molecule has 3 rings (SSSR count). The molecule has 1 amide bonds. The molecule has 1 aromatic heterocycles. The molecule has 0 saturated heterocycles. The second-order valence-corrected chi connectivity index (χ2v) is 7.57. The van der Waals surface area contributed by atoms with Gasteiger partial charge in [-0.25, -0.2) is 4.79 Å². The van der Waals surface area contributed by atoms with Gasteiger partial charge in [0.2, 0.25) is 5.91 Å². The standard InChI is InChI=1S/C18H17Cl2NO3S/c1-2-24-18(23)16-13(10-3-4-10)9-25-17(16)21-15(22)7-11-5-6-12(19)8-14(11)20/h5-6,8-10H,2-4,7H2,1H3,(H,21,22). The van der Waals surface area contributed by atoms with E-state index in [2.05, 4.69) is 5.32 Å². The third-order valence-electron chi connectivity index (χ3n) is 3.94. The topological polar surface area (TPSA) is 55.4 Å².